The maximum atomic E-state index is 12.6. The third-order valence-electron chi connectivity index (χ3n) is 4.27. The van der Waals surface area contributed by atoms with Crippen LogP contribution in [0.4, 0.5) is 5.69 Å². The van der Waals surface area contributed by atoms with Gasteiger partial charge in [0.15, 0.2) is 0 Å². The Kier molecular flexibility index (Phi) is 8.01. The van der Waals surface area contributed by atoms with E-state index in [-0.39, 0.29) is 17.2 Å². The largest absolute Gasteiger partial charge is 0.350 e. The summed E-state index contributed by atoms with van der Waals surface area (Å²) in [5, 5.41) is 16.5. The maximum absolute atomic E-state index is 12.6. The van der Waals surface area contributed by atoms with Crippen molar-refractivity contribution in [3.05, 3.63) is 75.3 Å². The molecular weight excluding hydrogens is 378 g/mol. The number of non-ortho nitro benzene ring substituents is 1. The van der Waals surface area contributed by atoms with Gasteiger partial charge in [0.25, 0.3) is 11.6 Å². The molecular formula is C20H23N3O4S. The molecule has 0 aliphatic carbocycles. The van der Waals surface area contributed by atoms with Crippen LogP contribution in [0.5, 0.6) is 0 Å². The molecule has 0 saturated heterocycles. The zero-order valence-electron chi connectivity index (χ0n) is 15.8. The molecule has 0 aromatic heterocycles. The van der Waals surface area contributed by atoms with Crippen LogP contribution in [0.15, 0.2) is 48.5 Å². The van der Waals surface area contributed by atoms with Gasteiger partial charge in [0, 0.05) is 24.2 Å². The van der Waals surface area contributed by atoms with Gasteiger partial charge in [-0.3, -0.25) is 19.7 Å². The maximum Gasteiger partial charge on any atom is 0.270 e. The number of hydrogen-bond donors (Lipinski definition) is 2. The number of aryl methyl sites for hydroxylation is 1. The highest BCUT2D eigenvalue weighted by molar-refractivity contribution is 7.98. The summed E-state index contributed by atoms with van der Waals surface area (Å²) >= 11 is 1.57. The lowest BCUT2D eigenvalue weighted by atomic mass is 10.1. The molecule has 1 atom stereocenters. The Morgan fingerprint density at radius 3 is 2.61 bits per heavy atom. The average molecular weight is 401 g/mol. The van der Waals surface area contributed by atoms with Gasteiger partial charge in [-0.1, -0.05) is 30.3 Å². The lowest BCUT2D eigenvalue weighted by Gasteiger charge is -2.18. The average Bonchev–Trinajstić information content (AvgIpc) is 2.70. The summed E-state index contributed by atoms with van der Waals surface area (Å²) in [6, 6.07) is 12.5. The number of benzene rings is 2. The number of amides is 2. The second kappa shape index (κ2) is 10.5. The highest BCUT2D eigenvalue weighted by Gasteiger charge is 2.22. The molecule has 2 N–H and O–H groups in total. The van der Waals surface area contributed by atoms with Gasteiger partial charge in [-0.25, -0.2) is 0 Å². The number of carbonyl (C=O) groups excluding carboxylic acids is 2. The molecule has 2 rings (SSSR count). The van der Waals surface area contributed by atoms with E-state index in [2.05, 4.69) is 10.6 Å². The zero-order valence-corrected chi connectivity index (χ0v) is 16.6. The van der Waals surface area contributed by atoms with Crippen molar-refractivity contribution < 1.29 is 14.5 Å². The first-order valence-electron chi connectivity index (χ1n) is 8.79. The van der Waals surface area contributed by atoms with Crippen molar-refractivity contribution in [2.24, 2.45) is 0 Å². The first-order valence-corrected chi connectivity index (χ1v) is 10.2. The molecule has 28 heavy (non-hydrogen) atoms. The van der Waals surface area contributed by atoms with Crippen LogP contribution in [0.3, 0.4) is 0 Å². The number of nitro groups is 1. The van der Waals surface area contributed by atoms with E-state index < -0.39 is 16.9 Å². The second-order valence-corrected chi connectivity index (χ2v) is 7.24. The molecule has 0 aliphatic heterocycles. The third kappa shape index (κ3) is 6.09. The van der Waals surface area contributed by atoms with Gasteiger partial charge in [-0.2, -0.15) is 11.8 Å². The van der Waals surface area contributed by atoms with E-state index in [4.69, 9.17) is 0 Å². The molecule has 2 aromatic carbocycles. The normalized spacial score (nSPS) is 11.5. The lowest BCUT2D eigenvalue weighted by Crippen LogP contribution is -2.46. The summed E-state index contributed by atoms with van der Waals surface area (Å²) in [4.78, 5) is 35.5. The molecule has 2 amide bonds. The standard InChI is InChI=1S/C20H23N3O4S/c1-14-6-3-4-7-16(14)13-21-20(25)18(10-11-28-2)22-19(24)15-8-5-9-17(12-15)23(26)27/h3-9,12,18H,10-11,13H2,1-2H3,(H,21,25)(H,22,24)/t18-/m0/s1. The summed E-state index contributed by atoms with van der Waals surface area (Å²) in [6.07, 6.45) is 2.38. The van der Waals surface area contributed by atoms with E-state index in [9.17, 15) is 19.7 Å². The molecule has 0 heterocycles. The van der Waals surface area contributed by atoms with E-state index in [1.807, 2.05) is 37.4 Å². The van der Waals surface area contributed by atoms with Crippen LogP contribution in [-0.2, 0) is 11.3 Å². The first kappa shape index (κ1) is 21.4. The Balaban J connectivity index is 2.06. The zero-order chi connectivity index (χ0) is 20.5. The predicted octanol–water partition coefficient (Wildman–Crippen LogP) is 3.07. The minimum absolute atomic E-state index is 0.148. The van der Waals surface area contributed by atoms with Crippen molar-refractivity contribution in [1.29, 1.82) is 0 Å². The molecule has 0 bridgehead atoms. The molecule has 0 spiro atoms. The molecule has 0 unspecified atom stereocenters. The monoisotopic (exact) mass is 401 g/mol. The predicted molar refractivity (Wildman–Crippen MR) is 110 cm³/mol. The van der Waals surface area contributed by atoms with Crippen molar-refractivity contribution in [3.8, 4) is 0 Å². The molecule has 0 aliphatic rings. The van der Waals surface area contributed by atoms with Gasteiger partial charge >= 0.3 is 0 Å². The smallest absolute Gasteiger partial charge is 0.270 e. The van der Waals surface area contributed by atoms with Crippen molar-refractivity contribution in [2.45, 2.75) is 25.9 Å². The highest BCUT2D eigenvalue weighted by Crippen LogP contribution is 2.14. The fourth-order valence-electron chi connectivity index (χ4n) is 2.62. The molecule has 0 saturated carbocycles. The molecule has 148 valence electrons. The van der Waals surface area contributed by atoms with E-state index in [1.54, 1.807) is 11.8 Å². The SMILES string of the molecule is CSCC[C@H](NC(=O)c1cccc([N+](=O)[O-])c1)C(=O)NCc1ccccc1C. The van der Waals surface area contributed by atoms with Gasteiger partial charge in [0.05, 0.1) is 4.92 Å². The quantitative estimate of drug-likeness (QED) is 0.497. The minimum atomic E-state index is -0.719. The van der Waals surface area contributed by atoms with E-state index >= 15 is 0 Å². The Morgan fingerprint density at radius 1 is 1.18 bits per heavy atom. The molecule has 8 heteroatoms. The number of carbonyl (C=O) groups is 2. The topological polar surface area (TPSA) is 101 Å². The van der Waals surface area contributed by atoms with E-state index in [1.165, 1.54) is 24.3 Å². The van der Waals surface area contributed by atoms with Crippen LogP contribution in [0.2, 0.25) is 0 Å². The summed E-state index contributed by atoms with van der Waals surface area (Å²) in [5.74, 6) is -0.102. The Morgan fingerprint density at radius 2 is 1.93 bits per heavy atom. The first-order chi connectivity index (χ1) is 13.4. The van der Waals surface area contributed by atoms with Crippen LogP contribution in [0, 0.1) is 17.0 Å². The van der Waals surface area contributed by atoms with Crippen LogP contribution in [-0.4, -0.2) is 34.8 Å². The van der Waals surface area contributed by atoms with Gasteiger partial charge in [0.1, 0.15) is 6.04 Å². The van der Waals surface area contributed by atoms with E-state index in [0.717, 1.165) is 11.1 Å². The van der Waals surface area contributed by atoms with Crippen molar-refractivity contribution in [2.75, 3.05) is 12.0 Å². The number of nitrogens with one attached hydrogen (secondary N) is 2. The second-order valence-electron chi connectivity index (χ2n) is 6.26. The Hall–Kier alpha value is -2.87. The van der Waals surface area contributed by atoms with Crippen LogP contribution < -0.4 is 10.6 Å². The van der Waals surface area contributed by atoms with Gasteiger partial charge in [-0.15, -0.1) is 0 Å². The molecule has 7 nitrogen and oxygen atoms in total. The molecule has 2 aromatic rings. The van der Waals surface area contributed by atoms with Gasteiger partial charge in [0.2, 0.25) is 5.91 Å². The highest BCUT2D eigenvalue weighted by atomic mass is 32.2. The summed E-state index contributed by atoms with van der Waals surface area (Å²) < 4.78 is 0. The fourth-order valence-corrected chi connectivity index (χ4v) is 3.09. The summed E-state index contributed by atoms with van der Waals surface area (Å²) in [5.41, 5.74) is 2.06. The number of nitro benzene ring substituents is 1. The van der Waals surface area contributed by atoms with Gasteiger partial charge in [-0.05, 0) is 42.5 Å². The van der Waals surface area contributed by atoms with Crippen molar-refractivity contribution in [3.63, 3.8) is 0 Å². The number of nitrogens with zero attached hydrogens (tertiary/aromatic N) is 1. The third-order valence-corrected chi connectivity index (χ3v) is 4.91. The number of hydrogen-bond acceptors (Lipinski definition) is 5. The summed E-state index contributed by atoms with van der Waals surface area (Å²) in [6.45, 7) is 2.34. The lowest BCUT2D eigenvalue weighted by molar-refractivity contribution is -0.384. The molecule has 0 radical (unpaired) electrons. The Bertz CT molecular complexity index is 857. The Labute approximate surface area is 168 Å². The van der Waals surface area contributed by atoms with E-state index in [0.29, 0.717) is 18.7 Å². The van der Waals surface area contributed by atoms with Crippen LogP contribution in [0.1, 0.15) is 27.9 Å². The van der Waals surface area contributed by atoms with Crippen molar-refractivity contribution in [1.82, 2.24) is 10.6 Å². The van der Waals surface area contributed by atoms with Crippen LogP contribution in [0.25, 0.3) is 0 Å². The van der Waals surface area contributed by atoms with Crippen LogP contribution >= 0.6 is 11.8 Å². The minimum Gasteiger partial charge on any atom is -0.350 e. The van der Waals surface area contributed by atoms with Gasteiger partial charge < -0.3 is 10.6 Å². The number of rotatable bonds is 9. The fraction of sp³-hybridized carbons (Fsp3) is 0.300. The number of thioether (sulfide) groups is 1. The molecule has 0 fully saturated rings. The summed E-state index contributed by atoms with van der Waals surface area (Å²) in [7, 11) is 0. The van der Waals surface area contributed by atoms with Crippen molar-refractivity contribution >= 4 is 29.3 Å².